The molecule has 1 aromatic carbocycles. The van der Waals surface area contributed by atoms with E-state index in [1.807, 2.05) is 19.9 Å². The fraction of sp³-hybridized carbons (Fsp3) is 0.211. The Morgan fingerprint density at radius 1 is 1.20 bits per heavy atom. The molecule has 0 radical (unpaired) electrons. The van der Waals surface area contributed by atoms with Crippen LogP contribution in [0.2, 0.25) is 10.0 Å². The van der Waals surface area contributed by atoms with Crippen LogP contribution in [0.1, 0.15) is 34.7 Å². The second kappa shape index (κ2) is 9.43. The predicted molar refractivity (Wildman–Crippen MR) is 123 cm³/mol. The first kappa shape index (κ1) is 22.7. The number of carbonyl (C=O) groups is 2. The number of allylic oxidation sites excluding steroid dienone is 2. The van der Waals surface area contributed by atoms with Crippen molar-refractivity contribution in [2.24, 2.45) is 0 Å². The summed E-state index contributed by atoms with van der Waals surface area (Å²) in [6, 6.07) is 4.31. The van der Waals surface area contributed by atoms with Gasteiger partial charge in [-0.2, -0.15) is 5.10 Å². The Balaban J connectivity index is 2.00. The third-order valence-corrected chi connectivity index (χ3v) is 5.17. The number of amides is 2. The van der Waals surface area contributed by atoms with Gasteiger partial charge in [-0.25, -0.2) is 4.68 Å². The first-order valence-electron chi connectivity index (χ1n) is 8.84. The lowest BCUT2D eigenvalue weighted by Gasteiger charge is -2.18. The van der Waals surface area contributed by atoms with Gasteiger partial charge in [0, 0.05) is 23.7 Å². The smallest absolute Gasteiger partial charge is 0.274 e. The van der Waals surface area contributed by atoms with Gasteiger partial charge in [0.15, 0.2) is 0 Å². The van der Waals surface area contributed by atoms with Gasteiger partial charge in [-0.15, -0.1) is 0 Å². The van der Waals surface area contributed by atoms with Crippen LogP contribution in [-0.2, 0) is 0 Å². The fourth-order valence-electron chi connectivity index (χ4n) is 2.74. The molecule has 1 aliphatic heterocycles. The van der Waals surface area contributed by atoms with E-state index in [1.165, 1.54) is 22.9 Å². The molecular weight excluding hydrogens is 517 g/mol. The SMILES string of the molecule is CC(C)NC(=O)c1cc(Cl)cc(Cl)c1NC(=O)c1cc(Br)nn1C1=C(Cl)C=CCN1. The van der Waals surface area contributed by atoms with E-state index in [-0.39, 0.29) is 33.0 Å². The van der Waals surface area contributed by atoms with E-state index in [0.29, 0.717) is 22.0 Å². The topological polar surface area (TPSA) is 88.1 Å². The number of hydrogen-bond donors (Lipinski definition) is 3. The van der Waals surface area contributed by atoms with Crippen LogP contribution < -0.4 is 16.0 Å². The van der Waals surface area contributed by atoms with Crippen molar-refractivity contribution >= 4 is 74.1 Å². The molecule has 0 fully saturated rings. The van der Waals surface area contributed by atoms with E-state index < -0.39 is 11.8 Å². The molecule has 1 aliphatic rings. The summed E-state index contributed by atoms with van der Waals surface area (Å²) < 4.78 is 1.81. The highest BCUT2D eigenvalue weighted by Crippen LogP contribution is 2.31. The first-order chi connectivity index (χ1) is 14.2. The average Bonchev–Trinajstić information content (AvgIpc) is 3.05. The van der Waals surface area contributed by atoms with E-state index in [0.717, 1.165) is 0 Å². The number of dihydropyridines is 1. The maximum Gasteiger partial charge on any atom is 0.274 e. The number of hydrogen-bond acceptors (Lipinski definition) is 4. The molecule has 7 nitrogen and oxygen atoms in total. The molecule has 0 bridgehead atoms. The van der Waals surface area contributed by atoms with Crippen LogP contribution in [0.4, 0.5) is 5.69 Å². The lowest BCUT2D eigenvalue weighted by molar-refractivity contribution is 0.0944. The standard InChI is InChI=1S/C19H17BrCl3N5O2/c1-9(2)25-18(29)11-6-10(21)7-13(23)16(11)26-19(30)14-8-15(20)27-28(14)17-12(22)4-3-5-24-17/h3-4,6-9,24H,5H2,1-2H3,(H,25,29)(H,26,30). The van der Waals surface area contributed by atoms with Crippen LogP contribution in [0.5, 0.6) is 0 Å². The summed E-state index contributed by atoms with van der Waals surface area (Å²) in [5.41, 5.74) is 0.472. The monoisotopic (exact) mass is 531 g/mol. The van der Waals surface area contributed by atoms with Crippen LogP contribution in [-0.4, -0.2) is 34.2 Å². The van der Waals surface area contributed by atoms with Gasteiger partial charge in [-0.1, -0.05) is 40.9 Å². The van der Waals surface area contributed by atoms with Crippen LogP contribution in [0.25, 0.3) is 5.82 Å². The lowest BCUT2D eigenvalue weighted by Crippen LogP contribution is -2.31. The van der Waals surface area contributed by atoms with E-state index in [4.69, 9.17) is 34.8 Å². The number of halogens is 4. The van der Waals surface area contributed by atoms with E-state index >= 15 is 0 Å². The number of nitrogens with zero attached hydrogens (tertiary/aromatic N) is 2. The Bertz CT molecular complexity index is 1080. The zero-order valence-corrected chi connectivity index (χ0v) is 19.7. The zero-order valence-electron chi connectivity index (χ0n) is 15.9. The van der Waals surface area contributed by atoms with Crippen LogP contribution in [0.3, 0.4) is 0 Å². The van der Waals surface area contributed by atoms with Gasteiger partial charge in [0.2, 0.25) is 0 Å². The van der Waals surface area contributed by atoms with Crippen molar-refractivity contribution in [3.05, 3.63) is 61.3 Å². The third-order valence-electron chi connectivity index (χ3n) is 3.96. The Morgan fingerprint density at radius 3 is 2.60 bits per heavy atom. The largest absolute Gasteiger partial charge is 0.365 e. The third kappa shape index (κ3) is 5.00. The van der Waals surface area contributed by atoms with Crippen LogP contribution in [0, 0.1) is 0 Å². The molecule has 2 amide bonds. The maximum absolute atomic E-state index is 13.1. The molecule has 3 N–H and O–H groups in total. The number of rotatable bonds is 5. The number of nitrogens with one attached hydrogen (secondary N) is 3. The molecule has 2 heterocycles. The maximum atomic E-state index is 13.1. The summed E-state index contributed by atoms with van der Waals surface area (Å²) >= 11 is 21.9. The van der Waals surface area contributed by atoms with Gasteiger partial charge >= 0.3 is 0 Å². The van der Waals surface area contributed by atoms with Gasteiger partial charge in [0.1, 0.15) is 16.1 Å². The van der Waals surface area contributed by atoms with Crippen molar-refractivity contribution in [3.8, 4) is 0 Å². The summed E-state index contributed by atoms with van der Waals surface area (Å²) in [5, 5.41) is 13.6. The molecule has 158 valence electrons. The Kier molecular flexibility index (Phi) is 7.13. The minimum atomic E-state index is -0.538. The summed E-state index contributed by atoms with van der Waals surface area (Å²) in [4.78, 5) is 25.7. The molecule has 2 aromatic rings. The first-order valence-corrected chi connectivity index (χ1v) is 10.8. The van der Waals surface area contributed by atoms with E-state index in [1.54, 1.807) is 6.08 Å². The molecule has 11 heteroatoms. The van der Waals surface area contributed by atoms with Gasteiger partial charge in [0.05, 0.1) is 21.3 Å². The Morgan fingerprint density at radius 2 is 1.93 bits per heavy atom. The van der Waals surface area contributed by atoms with E-state index in [9.17, 15) is 9.59 Å². The summed E-state index contributed by atoms with van der Waals surface area (Å²) in [5.74, 6) is -0.497. The normalized spacial score (nSPS) is 13.4. The van der Waals surface area contributed by atoms with Crippen molar-refractivity contribution in [3.63, 3.8) is 0 Å². The Labute approximate surface area is 196 Å². The van der Waals surface area contributed by atoms with Crippen molar-refractivity contribution in [1.29, 1.82) is 0 Å². The van der Waals surface area contributed by atoms with Crippen molar-refractivity contribution in [2.75, 3.05) is 11.9 Å². The van der Waals surface area contributed by atoms with E-state index in [2.05, 4.69) is 37.0 Å². The number of benzene rings is 1. The summed E-state index contributed by atoms with van der Waals surface area (Å²) in [6.07, 6.45) is 3.56. The highest BCUT2D eigenvalue weighted by Gasteiger charge is 2.23. The average molecular weight is 534 g/mol. The number of anilines is 1. The van der Waals surface area contributed by atoms with Gasteiger partial charge in [-0.3, -0.25) is 9.59 Å². The predicted octanol–water partition coefficient (Wildman–Crippen LogP) is 4.87. The number of carbonyl (C=O) groups excluding carboxylic acids is 2. The van der Waals surface area contributed by atoms with Crippen LogP contribution >= 0.6 is 50.7 Å². The van der Waals surface area contributed by atoms with Crippen molar-refractivity contribution in [2.45, 2.75) is 19.9 Å². The molecule has 0 unspecified atom stereocenters. The second-order valence-electron chi connectivity index (χ2n) is 6.64. The fourth-order valence-corrected chi connectivity index (χ4v) is 3.89. The van der Waals surface area contributed by atoms with Crippen molar-refractivity contribution in [1.82, 2.24) is 20.4 Å². The van der Waals surface area contributed by atoms with Gasteiger partial charge < -0.3 is 16.0 Å². The number of aromatic nitrogens is 2. The quantitative estimate of drug-likeness (QED) is 0.512. The summed E-state index contributed by atoms with van der Waals surface area (Å²) in [7, 11) is 0. The second-order valence-corrected chi connectivity index (χ2v) is 8.70. The van der Waals surface area contributed by atoms with Crippen LogP contribution in [0.15, 0.2) is 40.0 Å². The van der Waals surface area contributed by atoms with Crippen molar-refractivity contribution < 1.29 is 9.59 Å². The highest BCUT2D eigenvalue weighted by atomic mass is 79.9. The molecule has 0 aliphatic carbocycles. The molecule has 1 aromatic heterocycles. The highest BCUT2D eigenvalue weighted by molar-refractivity contribution is 9.10. The molecule has 0 spiro atoms. The molecular formula is C19H17BrCl3N5O2. The minimum Gasteiger partial charge on any atom is -0.365 e. The van der Waals surface area contributed by atoms with Gasteiger partial charge in [-0.05, 0) is 48.0 Å². The molecule has 0 saturated heterocycles. The molecule has 3 rings (SSSR count). The molecule has 0 saturated carbocycles. The zero-order chi connectivity index (χ0) is 22.0. The lowest BCUT2D eigenvalue weighted by atomic mass is 10.1. The minimum absolute atomic E-state index is 0.115. The van der Waals surface area contributed by atoms with Gasteiger partial charge in [0.25, 0.3) is 11.8 Å². The molecule has 0 atom stereocenters. The molecule has 30 heavy (non-hydrogen) atoms. The summed E-state index contributed by atoms with van der Waals surface area (Å²) in [6.45, 7) is 4.18. The Hall–Kier alpha value is -2.00.